The lowest BCUT2D eigenvalue weighted by Crippen LogP contribution is -2.27. The van der Waals surface area contributed by atoms with E-state index < -0.39 is 0 Å². The number of aliphatic imine (C=N–C) groups is 1. The zero-order valence-electron chi connectivity index (χ0n) is 7.37. The molecule has 0 aromatic heterocycles. The average molecular weight is 209 g/mol. The first-order valence-corrected chi connectivity index (χ1v) is 4.29. The fourth-order valence-corrected chi connectivity index (χ4v) is 1.12. The van der Waals surface area contributed by atoms with Crippen LogP contribution in [0.5, 0.6) is 0 Å². The standard InChI is InChI=1S/C9H9ClN4/c10-8-3-1-2-7(4-8)5-13-9(12)14-6-11/h1-4H,5H2,(H3,12,13,14). The highest BCUT2D eigenvalue weighted by atomic mass is 35.5. The molecule has 5 heteroatoms. The van der Waals surface area contributed by atoms with E-state index in [2.05, 4.69) is 10.3 Å². The number of halogens is 1. The molecule has 0 spiro atoms. The first-order valence-electron chi connectivity index (χ1n) is 3.92. The van der Waals surface area contributed by atoms with Gasteiger partial charge in [-0.3, -0.25) is 5.32 Å². The van der Waals surface area contributed by atoms with Gasteiger partial charge in [-0.2, -0.15) is 5.26 Å². The third kappa shape index (κ3) is 3.33. The summed E-state index contributed by atoms with van der Waals surface area (Å²) < 4.78 is 0. The lowest BCUT2D eigenvalue weighted by Gasteiger charge is -1.98. The third-order valence-corrected chi connectivity index (χ3v) is 1.74. The summed E-state index contributed by atoms with van der Waals surface area (Å²) >= 11 is 5.77. The van der Waals surface area contributed by atoms with Crippen molar-refractivity contribution in [1.29, 1.82) is 5.26 Å². The van der Waals surface area contributed by atoms with Gasteiger partial charge in [0, 0.05) is 5.02 Å². The van der Waals surface area contributed by atoms with Crippen LogP contribution in [0.4, 0.5) is 0 Å². The Kier molecular flexibility index (Phi) is 3.77. The number of nitrogens with one attached hydrogen (secondary N) is 1. The summed E-state index contributed by atoms with van der Waals surface area (Å²) in [6, 6.07) is 7.30. The molecule has 0 atom stereocenters. The van der Waals surface area contributed by atoms with E-state index in [4.69, 9.17) is 22.6 Å². The van der Waals surface area contributed by atoms with Gasteiger partial charge in [0.05, 0.1) is 6.54 Å². The summed E-state index contributed by atoms with van der Waals surface area (Å²) in [5.74, 6) is 0.104. The van der Waals surface area contributed by atoms with Crippen LogP contribution in [0.1, 0.15) is 5.56 Å². The maximum absolute atomic E-state index is 8.23. The molecule has 0 bridgehead atoms. The average Bonchev–Trinajstić information content (AvgIpc) is 2.15. The number of nitrogens with two attached hydrogens (primary N) is 1. The molecule has 0 saturated heterocycles. The maximum Gasteiger partial charge on any atom is 0.202 e. The van der Waals surface area contributed by atoms with Gasteiger partial charge in [0.15, 0.2) is 6.19 Å². The molecule has 72 valence electrons. The van der Waals surface area contributed by atoms with E-state index in [0.717, 1.165) is 5.56 Å². The molecule has 0 aliphatic rings. The van der Waals surface area contributed by atoms with Crippen molar-refractivity contribution in [1.82, 2.24) is 5.32 Å². The molecule has 1 aromatic rings. The molecule has 0 aliphatic heterocycles. The second-order valence-electron chi connectivity index (χ2n) is 2.57. The normalized spacial score (nSPS) is 10.7. The largest absolute Gasteiger partial charge is 0.369 e. The van der Waals surface area contributed by atoms with Gasteiger partial charge in [-0.05, 0) is 17.7 Å². The second-order valence-corrected chi connectivity index (χ2v) is 3.00. The molecule has 14 heavy (non-hydrogen) atoms. The SMILES string of the molecule is N#CNC(N)=NCc1cccc(Cl)c1. The minimum absolute atomic E-state index is 0.104. The number of nitriles is 1. The summed E-state index contributed by atoms with van der Waals surface area (Å²) in [6.45, 7) is 0.404. The highest BCUT2D eigenvalue weighted by molar-refractivity contribution is 6.30. The van der Waals surface area contributed by atoms with E-state index in [1.54, 1.807) is 18.3 Å². The third-order valence-electron chi connectivity index (χ3n) is 1.50. The zero-order valence-corrected chi connectivity index (χ0v) is 8.12. The predicted molar refractivity (Wildman–Crippen MR) is 55.5 cm³/mol. The van der Waals surface area contributed by atoms with Crippen molar-refractivity contribution < 1.29 is 0 Å². The number of hydrogen-bond donors (Lipinski definition) is 2. The fraction of sp³-hybridized carbons (Fsp3) is 0.111. The minimum atomic E-state index is 0.104. The summed E-state index contributed by atoms with van der Waals surface area (Å²) in [5.41, 5.74) is 6.30. The number of benzene rings is 1. The first-order chi connectivity index (χ1) is 6.72. The van der Waals surface area contributed by atoms with Crippen molar-refractivity contribution in [3.63, 3.8) is 0 Å². The van der Waals surface area contributed by atoms with E-state index in [0.29, 0.717) is 11.6 Å². The van der Waals surface area contributed by atoms with Gasteiger partial charge >= 0.3 is 0 Å². The van der Waals surface area contributed by atoms with Crippen LogP contribution in [0.3, 0.4) is 0 Å². The smallest absolute Gasteiger partial charge is 0.202 e. The van der Waals surface area contributed by atoms with Gasteiger partial charge in [-0.1, -0.05) is 23.7 Å². The molecule has 0 unspecified atom stereocenters. The van der Waals surface area contributed by atoms with Crippen molar-refractivity contribution in [3.05, 3.63) is 34.9 Å². The highest BCUT2D eigenvalue weighted by Gasteiger charge is 1.93. The monoisotopic (exact) mass is 208 g/mol. The van der Waals surface area contributed by atoms with Crippen LogP contribution < -0.4 is 11.1 Å². The molecule has 3 N–H and O–H groups in total. The van der Waals surface area contributed by atoms with Gasteiger partial charge in [-0.25, -0.2) is 4.99 Å². The van der Waals surface area contributed by atoms with Crippen molar-refractivity contribution >= 4 is 17.6 Å². The molecule has 0 heterocycles. The van der Waals surface area contributed by atoms with Crippen LogP contribution in [-0.2, 0) is 6.54 Å². The number of rotatable bonds is 2. The fourth-order valence-electron chi connectivity index (χ4n) is 0.909. The van der Waals surface area contributed by atoms with Crippen molar-refractivity contribution in [2.75, 3.05) is 0 Å². The second kappa shape index (κ2) is 5.10. The Morgan fingerprint density at radius 2 is 2.43 bits per heavy atom. The number of guanidine groups is 1. The van der Waals surface area contributed by atoms with Crippen LogP contribution in [0.25, 0.3) is 0 Å². The van der Waals surface area contributed by atoms with Crippen molar-refractivity contribution in [3.8, 4) is 6.19 Å². The molecule has 0 fully saturated rings. The van der Waals surface area contributed by atoms with Gasteiger partial charge in [0.1, 0.15) is 0 Å². The molecule has 0 saturated carbocycles. The maximum atomic E-state index is 8.23. The highest BCUT2D eigenvalue weighted by Crippen LogP contribution is 2.10. The minimum Gasteiger partial charge on any atom is -0.369 e. The Hall–Kier alpha value is -1.73. The molecular weight excluding hydrogens is 200 g/mol. The van der Waals surface area contributed by atoms with E-state index in [-0.39, 0.29) is 5.96 Å². The van der Waals surface area contributed by atoms with Crippen molar-refractivity contribution in [2.45, 2.75) is 6.54 Å². The summed E-state index contributed by atoms with van der Waals surface area (Å²) in [5, 5.41) is 11.1. The molecule has 1 rings (SSSR count). The lowest BCUT2D eigenvalue weighted by molar-refractivity contribution is 1.03. The quantitative estimate of drug-likeness (QED) is 0.332. The Labute approximate surface area is 87.0 Å². The Balaban J connectivity index is 2.62. The van der Waals surface area contributed by atoms with E-state index >= 15 is 0 Å². The summed E-state index contributed by atoms with van der Waals surface area (Å²) in [4.78, 5) is 3.93. The molecule has 0 amide bonds. The van der Waals surface area contributed by atoms with Gasteiger partial charge in [0.25, 0.3) is 0 Å². The van der Waals surface area contributed by atoms with E-state index in [1.165, 1.54) is 0 Å². The zero-order chi connectivity index (χ0) is 10.4. The van der Waals surface area contributed by atoms with Gasteiger partial charge < -0.3 is 5.73 Å². The van der Waals surface area contributed by atoms with Gasteiger partial charge in [0.2, 0.25) is 5.96 Å². The Morgan fingerprint density at radius 1 is 1.64 bits per heavy atom. The Bertz CT molecular complexity index is 381. The molecular formula is C9H9ClN4. The van der Waals surface area contributed by atoms with Crippen LogP contribution in [0, 0.1) is 11.5 Å². The molecule has 1 aromatic carbocycles. The topological polar surface area (TPSA) is 74.2 Å². The number of hydrogen-bond acceptors (Lipinski definition) is 2. The summed E-state index contributed by atoms with van der Waals surface area (Å²) in [6.07, 6.45) is 1.68. The van der Waals surface area contributed by atoms with E-state index in [1.807, 2.05) is 12.1 Å². The van der Waals surface area contributed by atoms with Crippen LogP contribution >= 0.6 is 11.6 Å². The molecule has 0 aliphatic carbocycles. The van der Waals surface area contributed by atoms with Crippen molar-refractivity contribution in [2.24, 2.45) is 10.7 Å². The molecule has 4 nitrogen and oxygen atoms in total. The van der Waals surface area contributed by atoms with Crippen LogP contribution in [0.2, 0.25) is 5.02 Å². The summed E-state index contributed by atoms with van der Waals surface area (Å²) in [7, 11) is 0. The number of nitrogens with zero attached hydrogens (tertiary/aromatic N) is 2. The van der Waals surface area contributed by atoms with Gasteiger partial charge in [-0.15, -0.1) is 0 Å². The van der Waals surface area contributed by atoms with Crippen LogP contribution in [0.15, 0.2) is 29.3 Å². The Morgan fingerprint density at radius 3 is 3.07 bits per heavy atom. The lowest BCUT2D eigenvalue weighted by atomic mass is 10.2. The first kappa shape index (κ1) is 10.4. The van der Waals surface area contributed by atoms with Crippen LogP contribution in [-0.4, -0.2) is 5.96 Å². The molecule has 0 radical (unpaired) electrons. The van der Waals surface area contributed by atoms with E-state index in [9.17, 15) is 0 Å². The predicted octanol–water partition coefficient (Wildman–Crippen LogP) is 1.23.